The Labute approximate surface area is 281 Å². The topological polar surface area (TPSA) is 16.1 Å². The molecular weight excluding hydrogens is 581 g/mol. The lowest BCUT2D eigenvalue weighted by Gasteiger charge is -2.27. The van der Waals surface area contributed by atoms with Crippen LogP contribution in [0.2, 0.25) is 0 Å². The fourth-order valence-corrected chi connectivity index (χ4v) is 9.06. The molecule has 2 fully saturated rings. The van der Waals surface area contributed by atoms with Gasteiger partial charge in [-0.2, -0.15) is 0 Å². The zero-order valence-electron chi connectivity index (χ0n) is 26.9. The highest BCUT2D eigenvalue weighted by molar-refractivity contribution is 6.26. The van der Waals surface area contributed by atoms with E-state index in [0.717, 1.165) is 46.1 Å². The predicted molar refractivity (Wildman–Crippen MR) is 202 cm³/mol. The van der Waals surface area contributed by atoms with Crippen molar-refractivity contribution in [1.82, 2.24) is 4.98 Å². The van der Waals surface area contributed by atoms with Crippen LogP contribution < -0.4 is 4.90 Å². The molecule has 1 aromatic heterocycles. The van der Waals surface area contributed by atoms with Gasteiger partial charge in [-0.15, -0.1) is 0 Å². The van der Waals surface area contributed by atoms with E-state index in [0.29, 0.717) is 0 Å². The number of rotatable bonds is 6. The molecule has 2 aliphatic carbocycles. The third kappa shape index (κ3) is 4.51. The molecule has 0 aliphatic heterocycles. The van der Waals surface area contributed by atoms with Gasteiger partial charge in [-0.25, -0.2) is 0 Å². The van der Waals surface area contributed by atoms with E-state index < -0.39 is 0 Å². The third-order valence-electron chi connectivity index (χ3n) is 11.3. The lowest BCUT2D eigenvalue weighted by Crippen LogP contribution is -2.12. The number of benzene rings is 7. The van der Waals surface area contributed by atoms with Gasteiger partial charge in [0.15, 0.2) is 0 Å². The minimum absolute atomic E-state index is 0.724. The van der Waals surface area contributed by atoms with Crippen molar-refractivity contribution in [3.8, 4) is 22.4 Å². The Morgan fingerprint density at radius 3 is 1.94 bits per heavy atom. The van der Waals surface area contributed by atoms with Crippen molar-refractivity contribution in [2.45, 2.75) is 31.6 Å². The number of pyridine rings is 1. The lowest BCUT2D eigenvalue weighted by atomic mass is 9.83. The van der Waals surface area contributed by atoms with Crippen molar-refractivity contribution in [1.29, 1.82) is 0 Å². The van der Waals surface area contributed by atoms with E-state index in [2.05, 4.69) is 144 Å². The van der Waals surface area contributed by atoms with Crippen molar-refractivity contribution in [3.05, 3.63) is 157 Å². The average Bonchev–Trinajstić information content (AvgIpc) is 3.80. The number of hydrogen-bond donors (Lipinski definition) is 0. The first-order valence-corrected chi connectivity index (χ1v) is 17.5. The van der Waals surface area contributed by atoms with Crippen molar-refractivity contribution in [3.63, 3.8) is 0 Å². The predicted octanol–water partition coefficient (Wildman–Crippen LogP) is 12.7. The van der Waals surface area contributed by atoms with Gasteiger partial charge >= 0.3 is 0 Å². The maximum atomic E-state index is 4.93. The molecule has 0 radical (unpaired) electrons. The van der Waals surface area contributed by atoms with Crippen molar-refractivity contribution in [2.24, 2.45) is 11.8 Å². The van der Waals surface area contributed by atoms with Crippen molar-refractivity contribution >= 4 is 49.4 Å². The van der Waals surface area contributed by atoms with Crippen LogP contribution in [0.25, 0.3) is 54.7 Å². The molecule has 1 heterocycles. The summed E-state index contributed by atoms with van der Waals surface area (Å²) in [4.78, 5) is 7.28. The second-order valence-electron chi connectivity index (χ2n) is 14.0. The maximum Gasteiger partial charge on any atom is 0.0703 e. The molecule has 230 valence electrons. The fourth-order valence-electron chi connectivity index (χ4n) is 9.06. The number of anilines is 3. The number of fused-ring (bicyclic) bond motifs is 2. The molecule has 0 N–H and O–H groups in total. The van der Waals surface area contributed by atoms with Crippen LogP contribution in [-0.2, 0) is 0 Å². The summed E-state index contributed by atoms with van der Waals surface area (Å²) in [7, 11) is 0. The molecule has 0 spiro atoms. The summed E-state index contributed by atoms with van der Waals surface area (Å²) in [5.41, 5.74) is 9.45. The van der Waals surface area contributed by atoms with Gasteiger partial charge in [0.05, 0.1) is 17.6 Å². The molecule has 2 nitrogen and oxygen atoms in total. The Kier molecular flexibility index (Phi) is 6.37. The second-order valence-corrected chi connectivity index (χ2v) is 14.0. The van der Waals surface area contributed by atoms with E-state index in [9.17, 15) is 0 Å². The highest BCUT2D eigenvalue weighted by atomic mass is 15.1. The van der Waals surface area contributed by atoms with Crippen LogP contribution in [0, 0.1) is 11.8 Å². The largest absolute Gasteiger partial charge is 0.309 e. The van der Waals surface area contributed by atoms with E-state index in [1.165, 1.54) is 74.7 Å². The first kappa shape index (κ1) is 27.6. The van der Waals surface area contributed by atoms with E-state index >= 15 is 0 Å². The average molecular weight is 617 g/mol. The van der Waals surface area contributed by atoms with Gasteiger partial charge in [-0.05, 0) is 128 Å². The summed E-state index contributed by atoms with van der Waals surface area (Å²) in [6, 6.07) is 53.5. The molecular formula is C46H36N2. The van der Waals surface area contributed by atoms with E-state index in [1.807, 2.05) is 12.3 Å². The Hall–Kier alpha value is -5.47. The molecule has 2 heteroatoms. The highest BCUT2D eigenvalue weighted by Gasteiger charge is 2.40. The molecule has 3 atom stereocenters. The van der Waals surface area contributed by atoms with E-state index in [4.69, 9.17) is 4.98 Å². The summed E-state index contributed by atoms with van der Waals surface area (Å²) >= 11 is 0. The smallest absolute Gasteiger partial charge is 0.0703 e. The van der Waals surface area contributed by atoms with Gasteiger partial charge in [0.25, 0.3) is 0 Å². The SMILES string of the molecule is c1ccc(-c2ccc(N(c3ccc(-c4cc5cccc6ccc7cccc4c7c65)cc3)c3ccc(C4CC5CCC4C5)cc3)cn2)cc1. The molecule has 8 aromatic rings. The van der Waals surface area contributed by atoms with Crippen LogP contribution in [0.5, 0.6) is 0 Å². The second kappa shape index (κ2) is 11.1. The molecule has 48 heavy (non-hydrogen) atoms. The zero-order valence-corrected chi connectivity index (χ0v) is 26.9. The standard InChI is InChI=1S/C46H36N2/c1-2-6-33(7-3-1)44-25-24-40(29-47-44)48(38-20-16-31(17-21-38)42-27-30-12-13-36(42)26-30)39-22-18-32(19-23-39)43-28-37-10-4-8-34-14-15-35-9-5-11-41(43)46(35)45(34)37/h1-11,14-25,28-30,36,42H,12-13,26-27H2. The minimum Gasteiger partial charge on any atom is -0.309 e. The van der Waals surface area contributed by atoms with E-state index in [-0.39, 0.29) is 0 Å². The number of nitrogens with zero attached hydrogens (tertiary/aromatic N) is 2. The fraction of sp³-hybridized carbons (Fsp3) is 0.152. The molecule has 3 unspecified atom stereocenters. The quantitative estimate of drug-likeness (QED) is 0.173. The van der Waals surface area contributed by atoms with Crippen LogP contribution in [0.4, 0.5) is 17.1 Å². The summed E-state index contributed by atoms with van der Waals surface area (Å²) in [6.07, 6.45) is 7.64. The maximum absolute atomic E-state index is 4.93. The molecule has 0 saturated heterocycles. The van der Waals surface area contributed by atoms with Crippen LogP contribution in [-0.4, -0.2) is 4.98 Å². The summed E-state index contributed by atoms with van der Waals surface area (Å²) in [5.74, 6) is 2.54. The molecule has 2 aliphatic rings. The van der Waals surface area contributed by atoms with Gasteiger partial charge in [0, 0.05) is 16.9 Å². The van der Waals surface area contributed by atoms with Crippen LogP contribution in [0.1, 0.15) is 37.2 Å². The molecule has 7 aromatic carbocycles. The number of hydrogen-bond acceptors (Lipinski definition) is 2. The van der Waals surface area contributed by atoms with E-state index in [1.54, 1.807) is 0 Å². The molecule has 2 bridgehead atoms. The Morgan fingerprint density at radius 1 is 0.521 bits per heavy atom. The van der Waals surface area contributed by atoms with Gasteiger partial charge in [-0.1, -0.05) is 110 Å². The monoisotopic (exact) mass is 616 g/mol. The molecule has 10 rings (SSSR count). The third-order valence-corrected chi connectivity index (χ3v) is 11.3. The van der Waals surface area contributed by atoms with Crippen LogP contribution in [0.15, 0.2) is 152 Å². The van der Waals surface area contributed by atoms with Crippen LogP contribution >= 0.6 is 0 Å². The van der Waals surface area contributed by atoms with Crippen LogP contribution in [0.3, 0.4) is 0 Å². The summed E-state index contributed by atoms with van der Waals surface area (Å²) in [5, 5.41) is 7.90. The highest BCUT2D eigenvalue weighted by Crippen LogP contribution is 2.53. The summed E-state index contributed by atoms with van der Waals surface area (Å²) < 4.78 is 0. The van der Waals surface area contributed by atoms with Gasteiger partial charge in [-0.3, -0.25) is 4.98 Å². The Bertz CT molecular complexity index is 2390. The zero-order chi connectivity index (χ0) is 31.6. The number of aromatic nitrogens is 1. The molecule has 0 amide bonds. The first-order chi connectivity index (χ1) is 23.8. The Balaban J connectivity index is 1.06. The first-order valence-electron chi connectivity index (χ1n) is 17.5. The lowest BCUT2D eigenvalue weighted by molar-refractivity contribution is 0.420. The van der Waals surface area contributed by atoms with Gasteiger partial charge < -0.3 is 4.90 Å². The van der Waals surface area contributed by atoms with Crippen molar-refractivity contribution in [2.75, 3.05) is 4.90 Å². The van der Waals surface area contributed by atoms with Gasteiger partial charge in [0.1, 0.15) is 0 Å². The normalized spacial score (nSPS) is 18.7. The minimum atomic E-state index is 0.724. The summed E-state index contributed by atoms with van der Waals surface area (Å²) in [6.45, 7) is 0. The van der Waals surface area contributed by atoms with Crippen molar-refractivity contribution < 1.29 is 0 Å². The van der Waals surface area contributed by atoms with Gasteiger partial charge in [0.2, 0.25) is 0 Å². The molecule has 2 saturated carbocycles. The Morgan fingerprint density at radius 2 is 1.23 bits per heavy atom.